The molecule has 2 aromatic heterocycles. The molecule has 1 amide bonds. The number of hydrogen-bond donors (Lipinski definition) is 1. The number of fused-ring (bicyclic) bond motifs is 1. The Bertz CT molecular complexity index is 884. The zero-order chi connectivity index (χ0) is 19.1. The van der Waals surface area contributed by atoms with Gasteiger partial charge < -0.3 is 14.8 Å². The lowest BCUT2D eigenvalue weighted by molar-refractivity contribution is 0.0866. The highest BCUT2D eigenvalue weighted by Gasteiger charge is 2.28. The average molecular weight is 377 g/mol. The number of carbonyl (C=O) groups excluding carboxylic acids is 1. The Morgan fingerprint density at radius 3 is 2.88 bits per heavy atom. The minimum Gasteiger partial charge on any atom is -0.345 e. The molecule has 1 N–H and O–H groups in total. The molecule has 1 saturated heterocycles. The third-order valence-corrected chi connectivity index (χ3v) is 6.23. The van der Waals surface area contributed by atoms with Crippen LogP contribution in [0.5, 0.6) is 0 Å². The molecule has 0 radical (unpaired) electrons. The Labute approximate surface area is 158 Å². The Hall–Kier alpha value is -1.73. The monoisotopic (exact) mass is 376 g/mol. The van der Waals surface area contributed by atoms with E-state index < -0.39 is 0 Å². The van der Waals surface area contributed by atoms with Gasteiger partial charge in [-0.2, -0.15) is 0 Å². The van der Waals surface area contributed by atoms with Crippen molar-refractivity contribution in [2.24, 2.45) is 13.0 Å². The fraction of sp³-hybridized carbons (Fsp3) is 0.632. The number of thiophene rings is 1. The molecular formula is C19H28N4O2S. The summed E-state index contributed by atoms with van der Waals surface area (Å²) in [6.07, 6.45) is 4.01. The molecule has 142 valence electrons. The highest BCUT2D eigenvalue weighted by molar-refractivity contribution is 7.20. The van der Waals surface area contributed by atoms with Crippen molar-refractivity contribution in [1.82, 2.24) is 19.8 Å². The van der Waals surface area contributed by atoms with Crippen molar-refractivity contribution in [3.8, 4) is 0 Å². The Morgan fingerprint density at radius 2 is 2.19 bits per heavy atom. The number of nitrogens with zero attached hydrogens (tertiary/aromatic N) is 3. The molecule has 0 spiro atoms. The summed E-state index contributed by atoms with van der Waals surface area (Å²) in [5, 5.41) is 3.71. The summed E-state index contributed by atoms with van der Waals surface area (Å²) >= 11 is 1.29. The fourth-order valence-corrected chi connectivity index (χ4v) is 4.85. The first-order chi connectivity index (χ1) is 12.2. The molecule has 0 saturated carbocycles. The van der Waals surface area contributed by atoms with Crippen molar-refractivity contribution in [2.75, 3.05) is 19.6 Å². The maximum atomic E-state index is 12.9. The lowest BCUT2D eigenvalue weighted by Gasteiger charge is -2.37. The highest BCUT2D eigenvalue weighted by atomic mass is 32.1. The van der Waals surface area contributed by atoms with Crippen LogP contribution >= 0.6 is 11.3 Å². The van der Waals surface area contributed by atoms with E-state index in [1.54, 1.807) is 7.05 Å². The average Bonchev–Trinajstić information content (AvgIpc) is 2.87. The maximum Gasteiger partial charge on any atom is 0.262 e. The highest BCUT2D eigenvalue weighted by Crippen LogP contribution is 2.27. The van der Waals surface area contributed by atoms with Gasteiger partial charge in [0.05, 0.1) is 16.6 Å². The second-order valence-electron chi connectivity index (χ2n) is 8.22. The van der Waals surface area contributed by atoms with Gasteiger partial charge in [0.15, 0.2) is 0 Å². The molecule has 7 heteroatoms. The van der Waals surface area contributed by atoms with Gasteiger partial charge in [-0.05, 0) is 51.6 Å². The van der Waals surface area contributed by atoms with Crippen LogP contribution in [0.1, 0.15) is 48.8 Å². The summed E-state index contributed by atoms with van der Waals surface area (Å²) < 4.78 is 1.45. The third-order valence-electron chi connectivity index (χ3n) is 5.03. The Kier molecular flexibility index (Phi) is 5.21. The van der Waals surface area contributed by atoms with Crippen LogP contribution in [0.25, 0.3) is 10.2 Å². The first kappa shape index (κ1) is 19.0. The molecule has 3 heterocycles. The van der Waals surface area contributed by atoms with Gasteiger partial charge >= 0.3 is 0 Å². The Morgan fingerprint density at radius 1 is 1.46 bits per heavy atom. The number of aryl methyl sites for hydroxylation is 2. The molecule has 1 aliphatic rings. The van der Waals surface area contributed by atoms with Gasteiger partial charge in [-0.25, -0.2) is 4.98 Å². The lowest BCUT2D eigenvalue weighted by atomic mass is 9.97. The number of piperidine rings is 1. The first-order valence-electron chi connectivity index (χ1n) is 9.17. The Balaban J connectivity index is 1.79. The SMILES string of the molecule is Cc1c(C(=O)NC(C)(C)CN2CCCC(C)C2)sc2ncn(C)c(=O)c12. The van der Waals surface area contributed by atoms with Gasteiger partial charge in [0, 0.05) is 25.7 Å². The maximum absolute atomic E-state index is 12.9. The number of amides is 1. The molecule has 26 heavy (non-hydrogen) atoms. The van der Waals surface area contributed by atoms with Crippen LogP contribution in [0.3, 0.4) is 0 Å². The number of nitrogens with one attached hydrogen (secondary N) is 1. The van der Waals surface area contributed by atoms with Crippen LogP contribution < -0.4 is 10.9 Å². The van der Waals surface area contributed by atoms with E-state index in [2.05, 4.69) is 36.0 Å². The standard InChI is InChI=1S/C19H28N4O2S/c1-12-7-6-8-23(9-12)10-19(3,4)21-16(24)15-13(2)14-17(26-15)20-11-22(5)18(14)25/h11-12H,6-10H2,1-5H3,(H,21,24). The molecule has 0 aromatic carbocycles. The van der Waals surface area contributed by atoms with E-state index >= 15 is 0 Å². The summed E-state index contributed by atoms with van der Waals surface area (Å²) in [6, 6.07) is 0. The van der Waals surface area contributed by atoms with Crippen molar-refractivity contribution in [3.05, 3.63) is 27.1 Å². The van der Waals surface area contributed by atoms with Gasteiger partial charge in [-0.15, -0.1) is 11.3 Å². The van der Waals surface area contributed by atoms with Gasteiger partial charge in [-0.1, -0.05) is 6.92 Å². The third kappa shape index (κ3) is 3.83. The largest absolute Gasteiger partial charge is 0.345 e. The summed E-state index contributed by atoms with van der Waals surface area (Å²) in [4.78, 5) is 33.2. The molecular weight excluding hydrogens is 348 g/mol. The smallest absolute Gasteiger partial charge is 0.262 e. The van der Waals surface area contributed by atoms with E-state index in [-0.39, 0.29) is 17.0 Å². The van der Waals surface area contributed by atoms with Crippen molar-refractivity contribution in [1.29, 1.82) is 0 Å². The number of likely N-dealkylation sites (tertiary alicyclic amines) is 1. The van der Waals surface area contributed by atoms with Crippen molar-refractivity contribution in [3.63, 3.8) is 0 Å². The first-order valence-corrected chi connectivity index (χ1v) is 9.99. The van der Waals surface area contributed by atoms with Gasteiger partial charge in [0.1, 0.15) is 4.83 Å². The molecule has 3 rings (SSSR count). The lowest BCUT2D eigenvalue weighted by Crippen LogP contribution is -2.53. The summed E-state index contributed by atoms with van der Waals surface area (Å²) in [7, 11) is 1.67. The van der Waals surface area contributed by atoms with Gasteiger partial charge in [0.2, 0.25) is 0 Å². The number of rotatable bonds is 4. The van der Waals surface area contributed by atoms with E-state index in [0.29, 0.717) is 21.0 Å². The van der Waals surface area contributed by atoms with E-state index in [4.69, 9.17) is 0 Å². The van der Waals surface area contributed by atoms with E-state index in [9.17, 15) is 9.59 Å². The number of carbonyl (C=O) groups is 1. The molecule has 6 nitrogen and oxygen atoms in total. The van der Waals surface area contributed by atoms with Crippen LogP contribution in [-0.2, 0) is 7.05 Å². The van der Waals surface area contributed by atoms with E-state index in [1.807, 2.05) is 6.92 Å². The van der Waals surface area contributed by atoms with Crippen molar-refractivity contribution >= 4 is 27.5 Å². The molecule has 1 atom stereocenters. The number of hydrogen-bond acceptors (Lipinski definition) is 5. The zero-order valence-corrected chi connectivity index (χ0v) is 17.1. The quantitative estimate of drug-likeness (QED) is 0.890. The zero-order valence-electron chi connectivity index (χ0n) is 16.3. The topological polar surface area (TPSA) is 67.2 Å². The predicted molar refractivity (Wildman–Crippen MR) is 106 cm³/mol. The normalized spacial score (nSPS) is 19.0. The van der Waals surface area contributed by atoms with E-state index in [1.165, 1.54) is 35.1 Å². The van der Waals surface area contributed by atoms with Crippen LogP contribution in [0.15, 0.2) is 11.1 Å². The van der Waals surface area contributed by atoms with E-state index in [0.717, 1.165) is 25.2 Å². The minimum atomic E-state index is -0.338. The second-order valence-corrected chi connectivity index (χ2v) is 9.22. The summed E-state index contributed by atoms with van der Waals surface area (Å²) in [6.45, 7) is 11.2. The molecule has 0 aliphatic carbocycles. The molecule has 1 aliphatic heterocycles. The van der Waals surface area contributed by atoms with Crippen molar-refractivity contribution < 1.29 is 4.79 Å². The van der Waals surface area contributed by atoms with Crippen molar-refractivity contribution in [2.45, 2.75) is 46.1 Å². The van der Waals surface area contributed by atoms with Crippen LogP contribution in [0.4, 0.5) is 0 Å². The molecule has 1 fully saturated rings. The molecule has 2 aromatic rings. The second kappa shape index (κ2) is 7.12. The van der Waals surface area contributed by atoms with Crippen LogP contribution in [-0.4, -0.2) is 45.5 Å². The van der Waals surface area contributed by atoms with Crippen LogP contribution in [0.2, 0.25) is 0 Å². The predicted octanol–water partition coefficient (Wildman–Crippen LogP) is 2.54. The summed E-state index contributed by atoms with van der Waals surface area (Å²) in [5.41, 5.74) is 0.276. The van der Waals surface area contributed by atoms with Gasteiger partial charge in [0.25, 0.3) is 11.5 Å². The molecule has 1 unspecified atom stereocenters. The van der Waals surface area contributed by atoms with Crippen LogP contribution in [0, 0.1) is 12.8 Å². The molecule has 0 bridgehead atoms. The fourth-order valence-electron chi connectivity index (χ4n) is 3.82. The van der Waals surface area contributed by atoms with Gasteiger partial charge in [-0.3, -0.25) is 9.59 Å². The number of aromatic nitrogens is 2. The minimum absolute atomic E-state index is 0.107. The summed E-state index contributed by atoms with van der Waals surface area (Å²) in [5.74, 6) is 0.588.